The molecule has 1 N–H and O–H groups in total. The number of hydrogen-bond donors (Lipinski definition) is 1. The third-order valence-corrected chi connectivity index (χ3v) is 2.60. The van der Waals surface area contributed by atoms with Crippen LogP contribution in [-0.4, -0.2) is 17.1 Å². The van der Waals surface area contributed by atoms with Gasteiger partial charge in [-0.15, -0.1) is 0 Å². The fraction of sp³-hybridized carbons (Fsp3) is 0.308. The van der Waals surface area contributed by atoms with Crippen LogP contribution >= 0.6 is 15.9 Å². The second-order valence-electron chi connectivity index (χ2n) is 4.51. The third-order valence-electron chi connectivity index (χ3n) is 1.94. The average Bonchev–Trinajstić information content (AvgIpc) is 2.61. The van der Waals surface area contributed by atoms with Gasteiger partial charge in [-0.2, -0.15) is 0 Å². The first-order valence-corrected chi connectivity index (χ1v) is 6.06. The number of carbonyl (C=O) groups is 1. The van der Waals surface area contributed by atoms with Gasteiger partial charge in [-0.25, -0.2) is 0 Å². The number of halogens is 1. The number of para-hydroxylation sites is 1. The van der Waals surface area contributed by atoms with E-state index < -0.39 is 0 Å². The van der Waals surface area contributed by atoms with E-state index in [4.69, 9.17) is 0 Å². The molecule has 3 nitrogen and oxygen atoms in total. The van der Waals surface area contributed by atoms with Crippen molar-refractivity contribution in [1.29, 1.82) is 0 Å². The van der Waals surface area contributed by atoms with Gasteiger partial charge in [-0.05, 0) is 42.8 Å². The van der Waals surface area contributed by atoms with Crippen LogP contribution in [0.5, 0.6) is 0 Å². The minimum Gasteiger partial charge on any atom is -0.462 e. The van der Waals surface area contributed by atoms with Crippen LogP contribution in [0.25, 0.3) is 10.9 Å². The SMILES string of the molecule is Brc1c[nH]c2ccccc12.CC(C)(C)OC=O. The van der Waals surface area contributed by atoms with Crippen LogP contribution in [-0.2, 0) is 9.53 Å². The van der Waals surface area contributed by atoms with E-state index in [1.54, 1.807) is 0 Å². The summed E-state index contributed by atoms with van der Waals surface area (Å²) in [6, 6.07) is 8.18. The molecule has 0 saturated carbocycles. The quantitative estimate of drug-likeness (QED) is 0.812. The lowest BCUT2D eigenvalue weighted by Gasteiger charge is -2.14. The number of H-pyrrole nitrogens is 1. The molecule has 0 unspecified atom stereocenters. The molecule has 1 heterocycles. The van der Waals surface area contributed by atoms with Gasteiger partial charge in [0.1, 0.15) is 5.60 Å². The number of aromatic amines is 1. The summed E-state index contributed by atoms with van der Waals surface area (Å²) in [6.45, 7) is 5.92. The minimum absolute atomic E-state index is 0.318. The predicted molar refractivity (Wildman–Crippen MR) is 72.9 cm³/mol. The highest BCUT2D eigenvalue weighted by atomic mass is 79.9. The van der Waals surface area contributed by atoms with E-state index in [0.29, 0.717) is 6.47 Å². The predicted octanol–water partition coefficient (Wildman–Crippen LogP) is 3.89. The molecule has 0 atom stereocenters. The van der Waals surface area contributed by atoms with Gasteiger partial charge in [-0.3, -0.25) is 4.79 Å². The van der Waals surface area contributed by atoms with Crippen LogP contribution in [0, 0.1) is 0 Å². The van der Waals surface area contributed by atoms with Crippen molar-refractivity contribution in [3.63, 3.8) is 0 Å². The molecule has 0 aliphatic heterocycles. The Kier molecular flexibility index (Phi) is 4.75. The molecule has 0 saturated heterocycles. The summed E-state index contributed by atoms with van der Waals surface area (Å²) in [7, 11) is 0. The molecule has 17 heavy (non-hydrogen) atoms. The topological polar surface area (TPSA) is 42.1 Å². The largest absolute Gasteiger partial charge is 0.462 e. The summed E-state index contributed by atoms with van der Waals surface area (Å²) < 4.78 is 5.68. The molecular weight excluding hydrogens is 282 g/mol. The molecule has 2 aromatic rings. The maximum Gasteiger partial charge on any atom is 0.293 e. The summed E-state index contributed by atoms with van der Waals surface area (Å²) in [4.78, 5) is 12.7. The van der Waals surface area contributed by atoms with Gasteiger partial charge >= 0.3 is 0 Å². The Labute approximate surface area is 109 Å². The van der Waals surface area contributed by atoms with Crippen molar-refractivity contribution in [1.82, 2.24) is 4.98 Å². The highest BCUT2D eigenvalue weighted by molar-refractivity contribution is 9.10. The number of carbonyl (C=O) groups excluding carboxylic acids is 1. The van der Waals surface area contributed by atoms with Gasteiger partial charge in [0, 0.05) is 21.6 Å². The van der Waals surface area contributed by atoms with E-state index in [1.165, 1.54) is 10.9 Å². The van der Waals surface area contributed by atoms with E-state index in [-0.39, 0.29) is 5.60 Å². The molecule has 0 aliphatic rings. The summed E-state index contributed by atoms with van der Waals surface area (Å²) in [6.07, 6.45) is 1.95. The average molecular weight is 298 g/mol. The van der Waals surface area contributed by atoms with Crippen molar-refractivity contribution in [2.24, 2.45) is 0 Å². The molecule has 0 aliphatic carbocycles. The van der Waals surface area contributed by atoms with Gasteiger partial charge in [0.2, 0.25) is 0 Å². The summed E-state index contributed by atoms with van der Waals surface area (Å²) in [5.74, 6) is 0. The lowest BCUT2D eigenvalue weighted by Crippen LogP contribution is -2.17. The fourth-order valence-corrected chi connectivity index (χ4v) is 1.64. The summed E-state index contributed by atoms with van der Waals surface area (Å²) in [5.41, 5.74) is 0.858. The van der Waals surface area contributed by atoms with Crippen molar-refractivity contribution in [3.05, 3.63) is 34.9 Å². The second kappa shape index (κ2) is 5.87. The van der Waals surface area contributed by atoms with Crippen LogP contribution in [0.1, 0.15) is 20.8 Å². The van der Waals surface area contributed by atoms with E-state index in [0.717, 1.165) is 4.47 Å². The van der Waals surface area contributed by atoms with Gasteiger partial charge in [0.25, 0.3) is 6.47 Å². The number of fused-ring (bicyclic) bond motifs is 1. The highest BCUT2D eigenvalue weighted by Crippen LogP contribution is 2.22. The molecule has 0 spiro atoms. The maximum atomic E-state index is 9.60. The van der Waals surface area contributed by atoms with Gasteiger partial charge < -0.3 is 9.72 Å². The number of rotatable bonds is 1. The zero-order valence-electron chi connectivity index (χ0n) is 10.2. The minimum atomic E-state index is -0.318. The number of nitrogens with one attached hydrogen (secondary N) is 1. The van der Waals surface area contributed by atoms with E-state index >= 15 is 0 Å². The van der Waals surface area contributed by atoms with Crippen LogP contribution in [0.3, 0.4) is 0 Å². The molecule has 4 heteroatoms. The standard InChI is InChI=1S/C8H6BrN.C5H10O2/c9-7-5-10-8-4-2-1-3-6(7)8;1-5(2,3)7-4-6/h1-5,10H;4H,1-3H3. The molecular formula is C13H16BrNO2. The summed E-state index contributed by atoms with van der Waals surface area (Å²) in [5, 5.41) is 1.24. The van der Waals surface area contributed by atoms with Crippen molar-refractivity contribution in [2.45, 2.75) is 26.4 Å². The Morgan fingerprint density at radius 3 is 2.41 bits per heavy atom. The van der Waals surface area contributed by atoms with Crippen molar-refractivity contribution < 1.29 is 9.53 Å². The summed E-state index contributed by atoms with van der Waals surface area (Å²) >= 11 is 3.44. The normalized spacial score (nSPS) is 10.6. The smallest absolute Gasteiger partial charge is 0.293 e. The zero-order valence-corrected chi connectivity index (χ0v) is 11.7. The second-order valence-corrected chi connectivity index (χ2v) is 5.36. The number of benzene rings is 1. The molecule has 92 valence electrons. The van der Waals surface area contributed by atoms with E-state index in [2.05, 4.69) is 37.8 Å². The fourth-order valence-electron chi connectivity index (χ4n) is 1.18. The molecule has 0 bridgehead atoms. The van der Waals surface area contributed by atoms with Gasteiger partial charge in [-0.1, -0.05) is 18.2 Å². The van der Waals surface area contributed by atoms with Gasteiger partial charge in [0.15, 0.2) is 0 Å². The van der Waals surface area contributed by atoms with Crippen molar-refractivity contribution in [3.8, 4) is 0 Å². The molecule has 0 radical (unpaired) electrons. The van der Waals surface area contributed by atoms with E-state index in [1.807, 2.05) is 39.1 Å². The van der Waals surface area contributed by atoms with Crippen LogP contribution < -0.4 is 0 Å². The monoisotopic (exact) mass is 297 g/mol. The Morgan fingerprint density at radius 1 is 1.29 bits per heavy atom. The first kappa shape index (κ1) is 13.8. The Morgan fingerprint density at radius 2 is 1.94 bits per heavy atom. The molecule has 0 fully saturated rings. The van der Waals surface area contributed by atoms with Crippen LogP contribution in [0.2, 0.25) is 0 Å². The Hall–Kier alpha value is -1.29. The Balaban J connectivity index is 0.000000185. The lowest BCUT2D eigenvalue weighted by atomic mass is 10.2. The highest BCUT2D eigenvalue weighted by Gasteiger charge is 2.07. The Bertz CT molecular complexity index is 485. The zero-order chi connectivity index (χ0) is 12.9. The van der Waals surface area contributed by atoms with Crippen LogP contribution in [0.4, 0.5) is 0 Å². The molecule has 0 amide bonds. The number of aromatic nitrogens is 1. The third kappa shape index (κ3) is 4.61. The molecule has 1 aromatic heterocycles. The van der Waals surface area contributed by atoms with Crippen molar-refractivity contribution in [2.75, 3.05) is 0 Å². The van der Waals surface area contributed by atoms with Crippen LogP contribution in [0.15, 0.2) is 34.9 Å². The maximum absolute atomic E-state index is 9.60. The first-order valence-electron chi connectivity index (χ1n) is 5.27. The molecule has 1 aromatic carbocycles. The first-order chi connectivity index (χ1) is 7.94. The van der Waals surface area contributed by atoms with Gasteiger partial charge in [0.05, 0.1) is 0 Å². The van der Waals surface area contributed by atoms with E-state index in [9.17, 15) is 4.79 Å². The molecule has 2 rings (SSSR count). The van der Waals surface area contributed by atoms with Crippen molar-refractivity contribution >= 4 is 33.3 Å². The lowest BCUT2D eigenvalue weighted by molar-refractivity contribution is -0.138. The number of ether oxygens (including phenoxy) is 1. The number of hydrogen-bond acceptors (Lipinski definition) is 2.